The number of nitrogens with one attached hydrogen (secondary N) is 2. The topological polar surface area (TPSA) is 102 Å². The normalized spacial score (nSPS) is 10.3. The first-order valence-corrected chi connectivity index (χ1v) is 7.23. The monoisotopic (exact) mass is 325 g/mol. The predicted octanol–water partition coefficient (Wildman–Crippen LogP) is 1.17. The number of furan rings is 1. The number of rotatable bonds is 5. The Bertz CT molecular complexity index is 795. The zero-order valence-corrected chi connectivity index (χ0v) is 12.7. The van der Waals surface area contributed by atoms with Crippen molar-refractivity contribution in [3.63, 3.8) is 0 Å². The molecule has 2 N–H and O–H groups in total. The fourth-order valence-electron chi connectivity index (χ4n) is 2.04. The summed E-state index contributed by atoms with van der Waals surface area (Å²) in [5, 5.41) is 9.05. The summed E-state index contributed by atoms with van der Waals surface area (Å²) in [6, 6.07) is 10.6. The van der Waals surface area contributed by atoms with Crippen molar-refractivity contribution in [3.05, 3.63) is 66.6 Å². The maximum atomic E-state index is 11.8. The first-order valence-electron chi connectivity index (χ1n) is 7.23. The van der Waals surface area contributed by atoms with Crippen molar-refractivity contribution in [2.45, 2.75) is 13.1 Å². The number of carbonyl (C=O) groups is 2. The summed E-state index contributed by atoms with van der Waals surface area (Å²) in [6.07, 6.45) is 4.59. The first-order chi connectivity index (χ1) is 11.7. The van der Waals surface area contributed by atoms with Crippen LogP contribution in [-0.4, -0.2) is 26.6 Å². The molecule has 2 aromatic heterocycles. The van der Waals surface area contributed by atoms with Crippen LogP contribution in [0.2, 0.25) is 0 Å². The van der Waals surface area contributed by atoms with Crippen molar-refractivity contribution in [1.82, 2.24) is 20.1 Å². The molecule has 2 amide bonds. The highest BCUT2D eigenvalue weighted by Gasteiger charge is 2.13. The highest BCUT2D eigenvalue weighted by Crippen LogP contribution is 2.10. The molecule has 0 atom stereocenters. The average Bonchev–Trinajstić information content (AvgIpc) is 3.28. The Kier molecular flexibility index (Phi) is 4.66. The lowest BCUT2D eigenvalue weighted by molar-refractivity contribution is -0.136. The minimum absolute atomic E-state index is 0.163. The summed E-state index contributed by atoms with van der Waals surface area (Å²) in [4.78, 5) is 27.4. The minimum Gasteiger partial charge on any atom is -0.467 e. The van der Waals surface area contributed by atoms with Gasteiger partial charge in [0.2, 0.25) is 0 Å². The molecular weight excluding hydrogens is 310 g/mol. The van der Waals surface area contributed by atoms with Crippen LogP contribution in [0.3, 0.4) is 0 Å². The van der Waals surface area contributed by atoms with E-state index in [1.807, 2.05) is 12.1 Å². The van der Waals surface area contributed by atoms with Gasteiger partial charge < -0.3 is 15.1 Å². The molecule has 0 aliphatic heterocycles. The van der Waals surface area contributed by atoms with Gasteiger partial charge in [-0.15, -0.1) is 0 Å². The van der Waals surface area contributed by atoms with Crippen molar-refractivity contribution in [1.29, 1.82) is 0 Å². The fraction of sp³-hybridized carbons (Fsp3) is 0.125. The van der Waals surface area contributed by atoms with Crippen LogP contribution in [0.25, 0.3) is 0 Å². The van der Waals surface area contributed by atoms with Gasteiger partial charge in [-0.25, -0.2) is 9.67 Å². The fourth-order valence-corrected chi connectivity index (χ4v) is 2.04. The van der Waals surface area contributed by atoms with Gasteiger partial charge in [0.1, 0.15) is 18.4 Å². The van der Waals surface area contributed by atoms with Gasteiger partial charge in [-0.05, 0) is 29.8 Å². The second kappa shape index (κ2) is 7.23. The van der Waals surface area contributed by atoms with Crippen LogP contribution in [0.4, 0.5) is 5.69 Å². The summed E-state index contributed by atoms with van der Waals surface area (Å²) in [6.45, 7) is 0.744. The van der Waals surface area contributed by atoms with Crippen LogP contribution in [0.1, 0.15) is 11.3 Å². The van der Waals surface area contributed by atoms with Gasteiger partial charge in [0.15, 0.2) is 0 Å². The Morgan fingerprint density at radius 1 is 1.12 bits per heavy atom. The Hall–Kier alpha value is -3.42. The second-order valence-electron chi connectivity index (χ2n) is 5.01. The van der Waals surface area contributed by atoms with Gasteiger partial charge >= 0.3 is 11.8 Å². The van der Waals surface area contributed by atoms with E-state index in [0.717, 1.165) is 5.56 Å². The van der Waals surface area contributed by atoms with Crippen molar-refractivity contribution in [3.8, 4) is 0 Å². The molecule has 8 nitrogen and oxygen atoms in total. The summed E-state index contributed by atoms with van der Waals surface area (Å²) < 4.78 is 6.77. The molecular formula is C16H15N5O3. The number of hydrogen-bond donors (Lipinski definition) is 2. The predicted molar refractivity (Wildman–Crippen MR) is 84.8 cm³/mol. The van der Waals surface area contributed by atoms with E-state index in [1.54, 1.807) is 35.3 Å². The molecule has 0 aliphatic rings. The van der Waals surface area contributed by atoms with Gasteiger partial charge in [0, 0.05) is 5.69 Å². The maximum absolute atomic E-state index is 11.8. The SMILES string of the molecule is O=C(NCc1ccco1)C(=O)Nc1ccc(Cn2cncn2)cc1. The van der Waals surface area contributed by atoms with Crippen LogP contribution in [0, 0.1) is 0 Å². The van der Waals surface area contributed by atoms with E-state index >= 15 is 0 Å². The van der Waals surface area contributed by atoms with Gasteiger partial charge in [-0.1, -0.05) is 12.1 Å². The molecule has 0 bridgehead atoms. The van der Waals surface area contributed by atoms with E-state index in [1.165, 1.54) is 12.6 Å². The lowest BCUT2D eigenvalue weighted by Gasteiger charge is -2.07. The summed E-state index contributed by atoms with van der Waals surface area (Å²) >= 11 is 0. The number of amides is 2. The average molecular weight is 325 g/mol. The second-order valence-corrected chi connectivity index (χ2v) is 5.01. The zero-order valence-electron chi connectivity index (χ0n) is 12.7. The molecule has 0 saturated heterocycles. The van der Waals surface area contributed by atoms with Crippen LogP contribution >= 0.6 is 0 Å². The number of carbonyl (C=O) groups excluding carboxylic acids is 2. The molecule has 1 aromatic carbocycles. The molecule has 0 saturated carbocycles. The molecule has 0 spiro atoms. The van der Waals surface area contributed by atoms with E-state index < -0.39 is 11.8 Å². The Labute approximate surface area is 137 Å². The van der Waals surface area contributed by atoms with E-state index in [0.29, 0.717) is 18.0 Å². The van der Waals surface area contributed by atoms with Crippen LogP contribution in [0.15, 0.2) is 59.7 Å². The van der Waals surface area contributed by atoms with Gasteiger partial charge in [-0.2, -0.15) is 5.10 Å². The molecule has 0 aliphatic carbocycles. The van der Waals surface area contributed by atoms with Gasteiger partial charge in [0.25, 0.3) is 0 Å². The van der Waals surface area contributed by atoms with Crippen molar-refractivity contribution < 1.29 is 14.0 Å². The highest BCUT2D eigenvalue weighted by atomic mass is 16.3. The van der Waals surface area contributed by atoms with Gasteiger partial charge in [0.05, 0.1) is 19.4 Å². The number of hydrogen-bond acceptors (Lipinski definition) is 5. The van der Waals surface area contributed by atoms with Crippen molar-refractivity contribution >= 4 is 17.5 Å². The third-order valence-corrected chi connectivity index (χ3v) is 3.23. The molecule has 0 fully saturated rings. The van der Waals surface area contributed by atoms with Crippen LogP contribution in [-0.2, 0) is 22.7 Å². The van der Waals surface area contributed by atoms with E-state index in [-0.39, 0.29) is 6.54 Å². The van der Waals surface area contributed by atoms with Crippen LogP contribution in [0.5, 0.6) is 0 Å². The molecule has 8 heteroatoms. The van der Waals surface area contributed by atoms with Crippen molar-refractivity contribution in [2.24, 2.45) is 0 Å². The molecule has 0 radical (unpaired) electrons. The lowest BCUT2D eigenvalue weighted by Crippen LogP contribution is -2.34. The summed E-state index contributed by atoms with van der Waals surface area (Å²) in [7, 11) is 0. The Balaban J connectivity index is 1.51. The highest BCUT2D eigenvalue weighted by molar-refractivity contribution is 6.39. The van der Waals surface area contributed by atoms with E-state index in [4.69, 9.17) is 4.42 Å². The van der Waals surface area contributed by atoms with Gasteiger partial charge in [-0.3, -0.25) is 9.59 Å². The zero-order chi connectivity index (χ0) is 16.8. The smallest absolute Gasteiger partial charge is 0.313 e. The van der Waals surface area contributed by atoms with Crippen molar-refractivity contribution in [2.75, 3.05) is 5.32 Å². The molecule has 122 valence electrons. The molecule has 24 heavy (non-hydrogen) atoms. The standard InChI is InChI=1S/C16H15N5O3/c22-15(18-8-14-2-1-7-24-14)16(23)20-13-5-3-12(4-6-13)9-21-11-17-10-19-21/h1-7,10-11H,8-9H2,(H,18,22)(H,20,23). The van der Waals surface area contributed by atoms with E-state index in [2.05, 4.69) is 20.7 Å². The number of nitrogens with zero attached hydrogens (tertiary/aromatic N) is 3. The number of anilines is 1. The molecule has 0 unspecified atom stereocenters. The molecule has 2 heterocycles. The minimum atomic E-state index is -0.731. The van der Waals surface area contributed by atoms with E-state index in [9.17, 15) is 9.59 Å². The molecule has 3 rings (SSSR count). The third-order valence-electron chi connectivity index (χ3n) is 3.23. The largest absolute Gasteiger partial charge is 0.467 e. The Morgan fingerprint density at radius 2 is 1.96 bits per heavy atom. The first kappa shape index (κ1) is 15.5. The number of aromatic nitrogens is 3. The lowest BCUT2D eigenvalue weighted by atomic mass is 10.2. The maximum Gasteiger partial charge on any atom is 0.313 e. The summed E-state index contributed by atoms with van der Waals surface area (Å²) in [5.74, 6) is -0.878. The quantitative estimate of drug-likeness (QED) is 0.686. The number of benzene rings is 1. The van der Waals surface area contributed by atoms with Crippen LogP contribution < -0.4 is 10.6 Å². The third kappa shape index (κ3) is 4.07. The Morgan fingerprint density at radius 3 is 2.62 bits per heavy atom. The molecule has 3 aromatic rings. The summed E-state index contributed by atoms with van der Waals surface area (Å²) in [5.41, 5.74) is 1.54.